The van der Waals surface area contributed by atoms with E-state index in [1.807, 2.05) is 0 Å². The second-order valence-corrected chi connectivity index (χ2v) is 5.07. The summed E-state index contributed by atoms with van der Waals surface area (Å²) in [7, 11) is 0. The maximum Gasteiger partial charge on any atom is 0.227 e. The molecule has 21 heavy (non-hydrogen) atoms. The van der Waals surface area contributed by atoms with E-state index in [9.17, 15) is 13.6 Å². The van der Waals surface area contributed by atoms with E-state index >= 15 is 0 Å². The van der Waals surface area contributed by atoms with E-state index in [0.29, 0.717) is 6.54 Å². The number of rotatable bonds is 6. The average Bonchev–Trinajstić information content (AvgIpc) is 3.26. The van der Waals surface area contributed by atoms with Gasteiger partial charge < -0.3 is 15.8 Å². The SMILES string of the molecule is N/C(CCN(C(=O)Cc1ccc(F)cc1F)C1CC1)=N/O. The molecule has 0 heterocycles. The van der Waals surface area contributed by atoms with Crippen LogP contribution in [-0.2, 0) is 11.2 Å². The summed E-state index contributed by atoms with van der Waals surface area (Å²) in [6.07, 6.45) is 1.92. The van der Waals surface area contributed by atoms with Crippen LogP contribution in [0.1, 0.15) is 24.8 Å². The van der Waals surface area contributed by atoms with Gasteiger partial charge in [-0.05, 0) is 24.5 Å². The minimum Gasteiger partial charge on any atom is -0.409 e. The number of nitrogens with two attached hydrogens (primary N) is 1. The van der Waals surface area contributed by atoms with Gasteiger partial charge in [0, 0.05) is 25.1 Å². The topological polar surface area (TPSA) is 78.9 Å². The highest BCUT2D eigenvalue weighted by Gasteiger charge is 2.32. The van der Waals surface area contributed by atoms with Crippen molar-refractivity contribution in [2.45, 2.75) is 31.7 Å². The summed E-state index contributed by atoms with van der Waals surface area (Å²) in [4.78, 5) is 13.9. The zero-order chi connectivity index (χ0) is 15.4. The average molecular weight is 297 g/mol. The maximum atomic E-state index is 13.6. The largest absolute Gasteiger partial charge is 0.409 e. The first-order valence-electron chi connectivity index (χ1n) is 6.71. The first-order chi connectivity index (χ1) is 10.0. The maximum absolute atomic E-state index is 13.6. The first-order valence-corrected chi connectivity index (χ1v) is 6.71. The lowest BCUT2D eigenvalue weighted by atomic mass is 10.1. The Balaban J connectivity index is 2.01. The van der Waals surface area contributed by atoms with E-state index in [1.54, 1.807) is 4.90 Å². The van der Waals surface area contributed by atoms with E-state index in [-0.39, 0.29) is 36.2 Å². The summed E-state index contributed by atoms with van der Waals surface area (Å²) in [5.41, 5.74) is 5.56. The molecule has 0 radical (unpaired) electrons. The molecule has 1 aliphatic carbocycles. The van der Waals surface area contributed by atoms with Gasteiger partial charge in [-0.3, -0.25) is 4.79 Å². The number of carbonyl (C=O) groups excluding carboxylic acids is 1. The zero-order valence-corrected chi connectivity index (χ0v) is 11.4. The van der Waals surface area contributed by atoms with Crippen molar-refractivity contribution in [3.05, 3.63) is 35.4 Å². The van der Waals surface area contributed by atoms with Gasteiger partial charge in [0.1, 0.15) is 17.5 Å². The number of halogens is 2. The summed E-state index contributed by atoms with van der Waals surface area (Å²) in [6.45, 7) is 0.322. The third kappa shape index (κ3) is 4.14. The zero-order valence-electron chi connectivity index (χ0n) is 11.4. The van der Waals surface area contributed by atoms with Crippen molar-refractivity contribution < 1.29 is 18.8 Å². The van der Waals surface area contributed by atoms with Crippen molar-refractivity contribution in [2.24, 2.45) is 10.9 Å². The van der Waals surface area contributed by atoms with Gasteiger partial charge >= 0.3 is 0 Å². The molecule has 1 aliphatic rings. The Kier molecular flexibility index (Phi) is 4.72. The van der Waals surface area contributed by atoms with E-state index in [0.717, 1.165) is 25.0 Å². The molecule has 0 aliphatic heterocycles. The van der Waals surface area contributed by atoms with Gasteiger partial charge in [-0.1, -0.05) is 11.2 Å². The van der Waals surface area contributed by atoms with Gasteiger partial charge in [0.25, 0.3) is 0 Å². The summed E-state index contributed by atoms with van der Waals surface area (Å²) >= 11 is 0. The number of oxime groups is 1. The van der Waals surface area contributed by atoms with E-state index in [2.05, 4.69) is 5.16 Å². The smallest absolute Gasteiger partial charge is 0.227 e. The van der Waals surface area contributed by atoms with Gasteiger partial charge in [0.15, 0.2) is 0 Å². The van der Waals surface area contributed by atoms with Crippen LogP contribution in [0.4, 0.5) is 8.78 Å². The van der Waals surface area contributed by atoms with E-state index in [4.69, 9.17) is 10.9 Å². The molecular weight excluding hydrogens is 280 g/mol. The highest BCUT2D eigenvalue weighted by molar-refractivity contribution is 5.82. The van der Waals surface area contributed by atoms with Crippen molar-refractivity contribution in [3.63, 3.8) is 0 Å². The lowest BCUT2D eigenvalue weighted by Crippen LogP contribution is -2.37. The standard InChI is InChI=1S/C14H17F2N3O2/c15-10-2-1-9(12(16)8-10)7-14(20)19(11-3-4-11)6-5-13(17)18-21/h1-2,8,11,21H,3-7H2,(H2,17,18). The van der Waals surface area contributed by atoms with Crippen LogP contribution in [0.3, 0.4) is 0 Å². The number of amidine groups is 1. The predicted molar refractivity (Wildman–Crippen MR) is 72.8 cm³/mol. The van der Waals surface area contributed by atoms with Crippen molar-refractivity contribution in [1.29, 1.82) is 0 Å². The molecule has 0 atom stereocenters. The Labute approximate surface area is 121 Å². The van der Waals surface area contributed by atoms with Crippen LogP contribution < -0.4 is 5.73 Å². The minimum atomic E-state index is -0.726. The molecule has 1 saturated carbocycles. The molecule has 0 saturated heterocycles. The molecular formula is C14H17F2N3O2. The molecule has 1 aromatic rings. The molecule has 5 nitrogen and oxygen atoms in total. The lowest BCUT2D eigenvalue weighted by molar-refractivity contribution is -0.131. The van der Waals surface area contributed by atoms with Crippen LogP contribution in [-0.4, -0.2) is 34.4 Å². The van der Waals surface area contributed by atoms with E-state index in [1.165, 1.54) is 6.07 Å². The molecule has 7 heteroatoms. The highest BCUT2D eigenvalue weighted by Crippen LogP contribution is 2.27. The Morgan fingerprint density at radius 3 is 2.71 bits per heavy atom. The minimum absolute atomic E-state index is 0.0430. The van der Waals surface area contributed by atoms with Gasteiger partial charge in [0.05, 0.1) is 6.42 Å². The second-order valence-electron chi connectivity index (χ2n) is 5.07. The Bertz CT molecular complexity index is 559. The Morgan fingerprint density at radius 2 is 2.14 bits per heavy atom. The molecule has 2 rings (SSSR count). The summed E-state index contributed by atoms with van der Waals surface area (Å²) in [6, 6.07) is 3.30. The quantitative estimate of drug-likeness (QED) is 0.362. The Hall–Kier alpha value is -2.18. The third-order valence-corrected chi connectivity index (χ3v) is 3.40. The number of nitrogens with zero attached hydrogens (tertiary/aromatic N) is 2. The fraction of sp³-hybridized carbons (Fsp3) is 0.429. The summed E-state index contributed by atoms with van der Waals surface area (Å²) < 4.78 is 26.4. The highest BCUT2D eigenvalue weighted by atomic mass is 19.1. The van der Waals surface area contributed by atoms with E-state index < -0.39 is 11.6 Å². The molecule has 0 unspecified atom stereocenters. The summed E-state index contributed by atoms with van der Waals surface area (Å²) in [5.74, 6) is -1.60. The van der Waals surface area contributed by atoms with Crippen LogP contribution in [0, 0.1) is 11.6 Å². The van der Waals surface area contributed by atoms with Crippen molar-refractivity contribution in [3.8, 4) is 0 Å². The number of benzene rings is 1. The predicted octanol–water partition coefficient (Wildman–Crippen LogP) is 1.63. The molecule has 114 valence electrons. The fourth-order valence-corrected chi connectivity index (χ4v) is 2.11. The Morgan fingerprint density at radius 1 is 1.43 bits per heavy atom. The first kappa shape index (κ1) is 15.2. The third-order valence-electron chi connectivity index (χ3n) is 3.40. The van der Waals surface area contributed by atoms with Crippen LogP contribution in [0.25, 0.3) is 0 Å². The van der Waals surface area contributed by atoms with Gasteiger partial charge in [-0.2, -0.15) is 0 Å². The monoisotopic (exact) mass is 297 g/mol. The molecule has 0 aromatic heterocycles. The second kappa shape index (κ2) is 6.51. The normalized spacial score (nSPS) is 15.0. The van der Waals surface area contributed by atoms with Crippen LogP contribution in [0.5, 0.6) is 0 Å². The van der Waals surface area contributed by atoms with Crippen LogP contribution in [0.2, 0.25) is 0 Å². The number of hydrogen-bond donors (Lipinski definition) is 2. The van der Waals surface area contributed by atoms with Crippen LogP contribution in [0.15, 0.2) is 23.4 Å². The molecule has 0 bridgehead atoms. The van der Waals surface area contributed by atoms with Gasteiger partial charge in [-0.15, -0.1) is 0 Å². The van der Waals surface area contributed by atoms with Gasteiger partial charge in [0.2, 0.25) is 5.91 Å². The van der Waals surface area contributed by atoms with Crippen molar-refractivity contribution in [2.75, 3.05) is 6.54 Å². The molecule has 1 fully saturated rings. The summed E-state index contributed by atoms with van der Waals surface area (Å²) in [5, 5.41) is 11.4. The number of amides is 1. The molecule has 0 spiro atoms. The number of carbonyl (C=O) groups is 1. The van der Waals surface area contributed by atoms with Gasteiger partial charge in [-0.25, -0.2) is 8.78 Å². The molecule has 1 aromatic carbocycles. The van der Waals surface area contributed by atoms with Crippen molar-refractivity contribution >= 4 is 11.7 Å². The molecule has 1 amide bonds. The molecule has 3 N–H and O–H groups in total. The van der Waals surface area contributed by atoms with Crippen molar-refractivity contribution in [1.82, 2.24) is 4.90 Å². The number of hydrogen-bond acceptors (Lipinski definition) is 3. The lowest BCUT2D eigenvalue weighted by Gasteiger charge is -2.22. The van der Waals surface area contributed by atoms with Crippen LogP contribution >= 0.6 is 0 Å². The fourth-order valence-electron chi connectivity index (χ4n) is 2.11.